The number of carbonyl (C=O) groups excluding carboxylic acids is 1. The number of rotatable bonds is 3. The average molecular weight is 344 g/mol. The molecule has 1 heterocycles. The van der Waals surface area contributed by atoms with E-state index in [4.69, 9.17) is 11.6 Å². The zero-order chi connectivity index (χ0) is 17.3. The van der Waals surface area contributed by atoms with Gasteiger partial charge in [-0.25, -0.2) is 0 Å². The highest BCUT2D eigenvalue weighted by molar-refractivity contribution is 6.31. The molecule has 24 heavy (non-hydrogen) atoms. The van der Waals surface area contributed by atoms with Crippen molar-refractivity contribution in [1.82, 2.24) is 9.55 Å². The summed E-state index contributed by atoms with van der Waals surface area (Å²) < 4.78 is 1.16. The molecule has 7 heteroatoms. The molecule has 0 aliphatic heterocycles. The van der Waals surface area contributed by atoms with Crippen molar-refractivity contribution in [1.29, 1.82) is 0 Å². The third-order valence-electron chi connectivity index (χ3n) is 3.66. The number of hydrogen-bond acceptors (Lipinski definition) is 3. The van der Waals surface area contributed by atoms with E-state index in [1.54, 1.807) is 42.5 Å². The van der Waals surface area contributed by atoms with Gasteiger partial charge in [0.1, 0.15) is 6.54 Å². The lowest BCUT2D eigenvalue weighted by Gasteiger charge is -2.11. The van der Waals surface area contributed by atoms with Gasteiger partial charge >= 0.3 is 11.1 Å². The van der Waals surface area contributed by atoms with Gasteiger partial charge in [0.15, 0.2) is 0 Å². The van der Waals surface area contributed by atoms with Gasteiger partial charge in [-0.05, 0) is 36.8 Å². The van der Waals surface area contributed by atoms with Crippen LogP contribution >= 0.6 is 11.6 Å². The molecule has 3 rings (SSSR count). The second kappa shape index (κ2) is 6.33. The maximum absolute atomic E-state index is 12.3. The fourth-order valence-electron chi connectivity index (χ4n) is 2.44. The number of anilines is 1. The van der Waals surface area contributed by atoms with Crippen LogP contribution in [-0.4, -0.2) is 15.5 Å². The minimum atomic E-state index is -0.772. The van der Waals surface area contributed by atoms with Crippen molar-refractivity contribution < 1.29 is 4.79 Å². The Morgan fingerprint density at radius 3 is 2.75 bits per heavy atom. The first-order chi connectivity index (χ1) is 11.5. The second-order valence-electron chi connectivity index (χ2n) is 5.37. The zero-order valence-corrected chi connectivity index (χ0v) is 13.6. The number of H-pyrrole nitrogens is 1. The van der Waals surface area contributed by atoms with Gasteiger partial charge in [-0.1, -0.05) is 29.8 Å². The standard InChI is InChI=1S/C17H14ClN3O3/c1-10-6-7-11(18)8-13(10)19-15(22)9-21-14-5-3-2-4-12(14)20-16(23)17(21)24/h2-8H,9H2,1H3,(H,19,22)(H,20,23). The van der Waals surface area contributed by atoms with Crippen LogP contribution in [0.15, 0.2) is 52.1 Å². The predicted octanol–water partition coefficient (Wildman–Crippen LogP) is 2.29. The number of fused-ring (bicyclic) bond motifs is 1. The summed E-state index contributed by atoms with van der Waals surface area (Å²) in [5.41, 5.74) is 0.853. The minimum absolute atomic E-state index is 0.269. The van der Waals surface area contributed by atoms with Crippen molar-refractivity contribution in [2.45, 2.75) is 13.5 Å². The van der Waals surface area contributed by atoms with E-state index in [1.165, 1.54) is 0 Å². The Morgan fingerprint density at radius 1 is 1.21 bits per heavy atom. The van der Waals surface area contributed by atoms with Crippen LogP contribution in [0.4, 0.5) is 5.69 Å². The van der Waals surface area contributed by atoms with Gasteiger partial charge in [-0.2, -0.15) is 0 Å². The first-order valence-corrected chi connectivity index (χ1v) is 7.61. The topological polar surface area (TPSA) is 84.0 Å². The lowest BCUT2D eigenvalue weighted by Crippen LogP contribution is -2.38. The summed E-state index contributed by atoms with van der Waals surface area (Å²) in [6, 6.07) is 12.0. The summed E-state index contributed by atoms with van der Waals surface area (Å²) in [5, 5.41) is 3.21. The van der Waals surface area contributed by atoms with Crippen molar-refractivity contribution in [2.75, 3.05) is 5.32 Å². The van der Waals surface area contributed by atoms with Gasteiger partial charge in [0.05, 0.1) is 11.0 Å². The number of benzene rings is 2. The monoisotopic (exact) mass is 343 g/mol. The number of para-hydroxylation sites is 2. The summed E-state index contributed by atoms with van der Waals surface area (Å²) >= 11 is 5.93. The van der Waals surface area contributed by atoms with E-state index < -0.39 is 17.0 Å². The number of carbonyl (C=O) groups is 1. The van der Waals surface area contributed by atoms with Crippen molar-refractivity contribution in [3.63, 3.8) is 0 Å². The van der Waals surface area contributed by atoms with Crippen LogP contribution in [0.2, 0.25) is 5.02 Å². The molecule has 0 saturated carbocycles. The summed E-state index contributed by atoms with van der Waals surface area (Å²) in [5.74, 6) is -0.418. The quantitative estimate of drug-likeness (QED) is 0.716. The Labute approximate surface area is 141 Å². The first-order valence-electron chi connectivity index (χ1n) is 7.23. The Balaban J connectivity index is 1.96. The highest BCUT2D eigenvalue weighted by Crippen LogP contribution is 2.20. The molecule has 1 amide bonds. The fraction of sp³-hybridized carbons (Fsp3) is 0.118. The summed E-state index contributed by atoms with van der Waals surface area (Å²) in [7, 11) is 0. The van der Waals surface area contributed by atoms with E-state index in [1.807, 2.05) is 6.92 Å². The molecule has 0 bridgehead atoms. The molecule has 0 radical (unpaired) electrons. The maximum Gasteiger partial charge on any atom is 0.317 e. The second-order valence-corrected chi connectivity index (χ2v) is 5.81. The van der Waals surface area contributed by atoms with Gasteiger partial charge in [-0.15, -0.1) is 0 Å². The number of hydrogen-bond donors (Lipinski definition) is 2. The van der Waals surface area contributed by atoms with Crippen LogP contribution in [0.3, 0.4) is 0 Å². The number of aromatic amines is 1. The van der Waals surface area contributed by atoms with Crippen LogP contribution in [0, 0.1) is 6.92 Å². The molecule has 2 aromatic carbocycles. The number of amides is 1. The number of halogens is 1. The van der Waals surface area contributed by atoms with E-state index in [0.717, 1.165) is 10.1 Å². The largest absolute Gasteiger partial charge is 0.324 e. The van der Waals surface area contributed by atoms with Crippen molar-refractivity contribution >= 4 is 34.2 Å². The molecule has 0 spiro atoms. The molecule has 6 nitrogen and oxygen atoms in total. The molecule has 122 valence electrons. The molecule has 0 atom stereocenters. The fourth-order valence-corrected chi connectivity index (χ4v) is 2.61. The normalized spacial score (nSPS) is 10.8. The molecular weight excluding hydrogens is 330 g/mol. The third kappa shape index (κ3) is 3.09. The molecule has 0 unspecified atom stereocenters. The van der Waals surface area contributed by atoms with Crippen molar-refractivity contribution in [3.05, 3.63) is 73.8 Å². The van der Waals surface area contributed by atoms with E-state index >= 15 is 0 Å². The summed E-state index contributed by atoms with van der Waals surface area (Å²) in [6.45, 7) is 1.57. The Kier molecular flexibility index (Phi) is 4.22. The molecule has 0 fully saturated rings. The average Bonchev–Trinajstić information content (AvgIpc) is 2.55. The number of aromatic nitrogens is 2. The lowest BCUT2D eigenvalue weighted by molar-refractivity contribution is -0.116. The Hall–Kier alpha value is -2.86. The van der Waals surface area contributed by atoms with Crippen LogP contribution < -0.4 is 16.4 Å². The molecule has 0 aliphatic carbocycles. The lowest BCUT2D eigenvalue weighted by atomic mass is 10.2. The van der Waals surface area contributed by atoms with Crippen LogP contribution in [0.1, 0.15) is 5.56 Å². The molecule has 2 N–H and O–H groups in total. The van der Waals surface area contributed by atoms with Crippen LogP contribution in [-0.2, 0) is 11.3 Å². The number of aryl methyl sites for hydroxylation is 1. The summed E-state index contributed by atoms with van der Waals surface area (Å²) in [4.78, 5) is 38.7. The van der Waals surface area contributed by atoms with Crippen LogP contribution in [0.25, 0.3) is 11.0 Å². The van der Waals surface area contributed by atoms with Gasteiger partial charge in [0.25, 0.3) is 0 Å². The molecule has 0 saturated heterocycles. The van der Waals surface area contributed by atoms with Gasteiger partial charge in [0, 0.05) is 10.7 Å². The first kappa shape index (κ1) is 16.0. The third-order valence-corrected chi connectivity index (χ3v) is 3.89. The highest BCUT2D eigenvalue weighted by atomic mass is 35.5. The number of nitrogens with one attached hydrogen (secondary N) is 2. The Morgan fingerprint density at radius 2 is 1.96 bits per heavy atom. The molecule has 1 aromatic heterocycles. The van der Waals surface area contributed by atoms with Gasteiger partial charge < -0.3 is 10.3 Å². The van der Waals surface area contributed by atoms with E-state index in [0.29, 0.717) is 21.7 Å². The van der Waals surface area contributed by atoms with Gasteiger partial charge in [0.2, 0.25) is 5.91 Å². The maximum atomic E-state index is 12.3. The van der Waals surface area contributed by atoms with E-state index in [2.05, 4.69) is 10.3 Å². The molecular formula is C17H14ClN3O3. The molecule has 0 aliphatic rings. The molecule has 3 aromatic rings. The Bertz CT molecular complexity index is 1050. The van der Waals surface area contributed by atoms with E-state index in [-0.39, 0.29) is 6.54 Å². The minimum Gasteiger partial charge on any atom is -0.324 e. The predicted molar refractivity (Wildman–Crippen MR) is 93.6 cm³/mol. The van der Waals surface area contributed by atoms with E-state index in [9.17, 15) is 14.4 Å². The SMILES string of the molecule is Cc1ccc(Cl)cc1NC(=O)Cn1c(=O)c(=O)[nH]c2ccccc21. The van der Waals surface area contributed by atoms with Crippen molar-refractivity contribution in [2.24, 2.45) is 0 Å². The smallest absolute Gasteiger partial charge is 0.317 e. The summed E-state index contributed by atoms with van der Waals surface area (Å²) in [6.07, 6.45) is 0. The number of nitrogens with zero attached hydrogens (tertiary/aromatic N) is 1. The zero-order valence-electron chi connectivity index (χ0n) is 12.8. The van der Waals surface area contributed by atoms with Gasteiger partial charge in [-0.3, -0.25) is 19.0 Å². The van der Waals surface area contributed by atoms with Crippen LogP contribution in [0.5, 0.6) is 0 Å². The van der Waals surface area contributed by atoms with Crippen molar-refractivity contribution in [3.8, 4) is 0 Å². The highest BCUT2D eigenvalue weighted by Gasteiger charge is 2.12.